The van der Waals surface area contributed by atoms with Crippen LogP contribution in [0.2, 0.25) is 5.02 Å². The molecular weight excluding hydrogens is 452 g/mol. The van der Waals surface area contributed by atoms with Crippen LogP contribution >= 0.6 is 23.8 Å². The molecule has 0 bridgehead atoms. The van der Waals surface area contributed by atoms with Gasteiger partial charge in [0, 0.05) is 28.6 Å². The molecule has 2 aromatic heterocycles. The monoisotopic (exact) mass is 480 g/mol. The molecule has 1 saturated carbocycles. The summed E-state index contributed by atoms with van der Waals surface area (Å²) >= 11 is 12.2. The molecule has 1 aliphatic carbocycles. The first kappa shape index (κ1) is 22.2. The van der Waals surface area contributed by atoms with E-state index in [0.717, 1.165) is 35.0 Å². The van der Waals surface area contributed by atoms with E-state index in [4.69, 9.17) is 23.8 Å². The van der Waals surface area contributed by atoms with E-state index in [0.29, 0.717) is 16.8 Å². The van der Waals surface area contributed by atoms with E-state index in [1.165, 1.54) is 24.8 Å². The van der Waals surface area contributed by atoms with Crippen LogP contribution in [0.3, 0.4) is 0 Å². The number of aromatic hydroxyl groups is 1. The second-order valence-electron chi connectivity index (χ2n) is 9.12. The number of aryl methyl sites for hydroxylation is 1. The van der Waals surface area contributed by atoms with E-state index in [2.05, 4.69) is 45.7 Å². The fourth-order valence-corrected chi connectivity index (χ4v) is 6.14. The number of hydrogen-bond acceptors (Lipinski definition) is 3. The summed E-state index contributed by atoms with van der Waals surface area (Å²) < 4.78 is 2.09. The Morgan fingerprint density at radius 1 is 1.09 bits per heavy atom. The third kappa shape index (κ3) is 4.00. The molecule has 1 saturated heterocycles. The van der Waals surface area contributed by atoms with Crippen LogP contribution < -0.4 is 5.32 Å². The van der Waals surface area contributed by atoms with Gasteiger partial charge in [-0.1, -0.05) is 36.9 Å². The second-order valence-corrected chi connectivity index (χ2v) is 9.94. The van der Waals surface area contributed by atoms with E-state index in [-0.39, 0.29) is 17.8 Å². The van der Waals surface area contributed by atoms with E-state index >= 15 is 0 Å². The van der Waals surface area contributed by atoms with Gasteiger partial charge in [0.2, 0.25) is 0 Å². The topological polar surface area (TPSA) is 53.3 Å². The zero-order valence-electron chi connectivity index (χ0n) is 19.0. The molecule has 0 radical (unpaired) electrons. The minimum atomic E-state index is -0.0393. The molecule has 0 spiro atoms. The van der Waals surface area contributed by atoms with Gasteiger partial charge in [-0.3, -0.25) is 4.98 Å². The Hall–Kier alpha value is -2.57. The maximum absolute atomic E-state index is 10.6. The Kier molecular flexibility index (Phi) is 6.06. The summed E-state index contributed by atoms with van der Waals surface area (Å²) in [6, 6.07) is 13.8. The number of halogens is 1. The first-order valence-corrected chi connectivity index (χ1v) is 12.4. The van der Waals surface area contributed by atoms with Gasteiger partial charge in [0.1, 0.15) is 5.75 Å². The molecule has 3 heterocycles. The third-order valence-electron chi connectivity index (χ3n) is 7.07. The summed E-state index contributed by atoms with van der Waals surface area (Å²) in [5, 5.41) is 15.6. The summed E-state index contributed by atoms with van der Waals surface area (Å²) in [6.07, 6.45) is 7.91. The molecule has 172 valence electrons. The molecule has 0 amide bonds. The van der Waals surface area contributed by atoms with Crippen LogP contribution in [0.25, 0.3) is 5.69 Å². The molecule has 3 aromatic rings. The van der Waals surface area contributed by atoms with Gasteiger partial charge in [0.05, 0.1) is 23.5 Å². The Labute approximate surface area is 205 Å². The number of pyridine rings is 1. The molecule has 5 rings (SSSR count). The van der Waals surface area contributed by atoms with Gasteiger partial charge < -0.3 is 19.9 Å². The van der Waals surface area contributed by atoms with E-state index < -0.39 is 0 Å². The molecule has 2 atom stereocenters. The van der Waals surface area contributed by atoms with Crippen LogP contribution in [0.15, 0.2) is 48.7 Å². The Morgan fingerprint density at radius 3 is 2.61 bits per heavy atom. The van der Waals surface area contributed by atoms with Gasteiger partial charge in [-0.2, -0.15) is 0 Å². The number of aromatic nitrogens is 2. The fourth-order valence-electron chi connectivity index (χ4n) is 5.58. The number of nitrogens with one attached hydrogen (secondary N) is 1. The number of rotatable bonds is 4. The second kappa shape index (κ2) is 8.99. The molecule has 2 fully saturated rings. The lowest BCUT2D eigenvalue weighted by Gasteiger charge is -2.37. The number of phenols is 1. The lowest BCUT2D eigenvalue weighted by molar-refractivity contribution is 0.197. The summed E-state index contributed by atoms with van der Waals surface area (Å²) in [5.41, 5.74) is 4.99. The van der Waals surface area contributed by atoms with Crippen LogP contribution in [0.1, 0.15) is 66.8 Å². The normalized spacial score (nSPS) is 21.4. The number of nitrogens with zero attached hydrogens (tertiary/aromatic N) is 3. The molecule has 5 nitrogen and oxygen atoms in total. The highest BCUT2D eigenvalue weighted by atomic mass is 35.5. The van der Waals surface area contributed by atoms with Gasteiger partial charge in [0.15, 0.2) is 5.11 Å². The van der Waals surface area contributed by atoms with E-state index in [9.17, 15) is 5.11 Å². The lowest BCUT2D eigenvalue weighted by atomic mass is 9.90. The lowest BCUT2D eigenvalue weighted by Crippen LogP contribution is -2.40. The quantitative estimate of drug-likeness (QED) is 0.438. The van der Waals surface area contributed by atoms with Crippen LogP contribution in [0, 0.1) is 13.8 Å². The molecule has 0 unspecified atom stereocenters. The van der Waals surface area contributed by atoms with E-state index in [1.807, 2.05) is 24.4 Å². The van der Waals surface area contributed by atoms with Gasteiger partial charge >= 0.3 is 0 Å². The van der Waals surface area contributed by atoms with Crippen LogP contribution in [-0.2, 0) is 0 Å². The molecule has 7 heteroatoms. The highest BCUT2D eigenvalue weighted by Gasteiger charge is 2.44. The summed E-state index contributed by atoms with van der Waals surface area (Å²) in [7, 11) is 0. The van der Waals surface area contributed by atoms with Gasteiger partial charge in [-0.15, -0.1) is 0 Å². The fraction of sp³-hybridized carbons (Fsp3) is 0.385. The SMILES string of the molecule is Cc1cc([C@@H]2[C@@H](c3ccccn3)NC(=S)N2C2CCCCC2)c(C)n1-c1cc(Cl)ccc1O. The van der Waals surface area contributed by atoms with Gasteiger partial charge in [-0.25, -0.2) is 0 Å². The van der Waals surface area contributed by atoms with Crippen molar-refractivity contribution in [2.75, 3.05) is 0 Å². The number of hydrogen-bond donors (Lipinski definition) is 2. The summed E-state index contributed by atoms with van der Waals surface area (Å²) in [5.74, 6) is 0.207. The Bertz CT molecular complexity index is 1170. The summed E-state index contributed by atoms with van der Waals surface area (Å²) in [6.45, 7) is 4.18. The van der Waals surface area contributed by atoms with Crippen LogP contribution in [0.5, 0.6) is 5.75 Å². The zero-order valence-corrected chi connectivity index (χ0v) is 20.5. The maximum Gasteiger partial charge on any atom is 0.170 e. The van der Waals surface area contributed by atoms with Crippen molar-refractivity contribution in [1.29, 1.82) is 0 Å². The minimum Gasteiger partial charge on any atom is -0.506 e. The number of phenolic OH excluding ortho intramolecular Hbond substituents is 1. The summed E-state index contributed by atoms with van der Waals surface area (Å²) in [4.78, 5) is 7.11. The minimum absolute atomic E-state index is 0.0248. The molecule has 33 heavy (non-hydrogen) atoms. The van der Waals surface area contributed by atoms with Crippen molar-refractivity contribution in [1.82, 2.24) is 19.8 Å². The largest absolute Gasteiger partial charge is 0.506 e. The molecular formula is C26H29ClN4OS. The van der Waals surface area contributed by atoms with Crippen LogP contribution in [0.4, 0.5) is 0 Å². The predicted molar refractivity (Wildman–Crippen MR) is 136 cm³/mol. The van der Waals surface area contributed by atoms with Gasteiger partial charge in [0.25, 0.3) is 0 Å². The first-order valence-electron chi connectivity index (χ1n) is 11.6. The zero-order chi connectivity index (χ0) is 23.1. The Balaban J connectivity index is 1.65. The van der Waals surface area contributed by atoms with Crippen molar-refractivity contribution in [3.8, 4) is 11.4 Å². The van der Waals surface area contributed by atoms with Crippen molar-refractivity contribution >= 4 is 28.9 Å². The van der Waals surface area contributed by atoms with Crippen molar-refractivity contribution in [2.24, 2.45) is 0 Å². The van der Waals surface area contributed by atoms with Gasteiger partial charge in [-0.05, 0) is 80.9 Å². The average Bonchev–Trinajstić information content (AvgIpc) is 3.32. The maximum atomic E-state index is 10.6. The first-order chi connectivity index (χ1) is 16.0. The third-order valence-corrected chi connectivity index (χ3v) is 7.63. The van der Waals surface area contributed by atoms with E-state index in [1.54, 1.807) is 12.1 Å². The molecule has 1 aromatic carbocycles. The predicted octanol–water partition coefficient (Wildman–Crippen LogP) is 6.15. The standard InChI is InChI=1S/C26H29ClN4OS/c1-16-14-20(17(2)30(16)22-15-18(27)11-12-23(22)32)25-24(21-10-6-7-13-28-21)29-26(33)31(25)19-8-4-3-5-9-19/h6-7,10-15,19,24-25,32H,3-5,8-9H2,1-2H3,(H,29,33)/t24-,25-/m1/s1. The highest BCUT2D eigenvalue weighted by Crippen LogP contribution is 2.45. The smallest absolute Gasteiger partial charge is 0.170 e. The Morgan fingerprint density at radius 2 is 1.88 bits per heavy atom. The average molecular weight is 481 g/mol. The number of benzene rings is 1. The van der Waals surface area contributed by atoms with Crippen LogP contribution in [-0.4, -0.2) is 30.7 Å². The van der Waals surface area contributed by atoms with Crippen molar-refractivity contribution in [3.05, 3.63) is 76.3 Å². The van der Waals surface area contributed by atoms with Crippen molar-refractivity contribution in [3.63, 3.8) is 0 Å². The molecule has 2 aliphatic rings. The molecule has 1 aliphatic heterocycles. The molecule has 2 N–H and O–H groups in total. The number of thiocarbonyl (C=S) groups is 1. The van der Waals surface area contributed by atoms with Crippen molar-refractivity contribution in [2.45, 2.75) is 64.1 Å². The highest BCUT2D eigenvalue weighted by molar-refractivity contribution is 7.80. The van der Waals surface area contributed by atoms with Crippen molar-refractivity contribution < 1.29 is 5.11 Å².